The molecule has 122 valence electrons. The maximum atomic E-state index is 6.43. The molecule has 3 aliphatic rings. The molecule has 2 bridgehead atoms. The molecule has 4 heterocycles. The SMILES string of the molecule is COc1ccc2ncc(Cl)c(CCC34CCC(CC3)CO4)c2n1. The van der Waals surface area contributed by atoms with Crippen molar-refractivity contribution in [1.29, 1.82) is 0 Å². The number of hydrogen-bond acceptors (Lipinski definition) is 4. The number of aromatic nitrogens is 2. The van der Waals surface area contributed by atoms with Crippen LogP contribution in [0.25, 0.3) is 11.0 Å². The molecule has 5 rings (SSSR count). The summed E-state index contributed by atoms with van der Waals surface area (Å²) in [4.78, 5) is 8.94. The van der Waals surface area contributed by atoms with Crippen LogP contribution in [0.5, 0.6) is 5.88 Å². The average molecular weight is 333 g/mol. The second-order valence-electron chi connectivity index (χ2n) is 6.74. The summed E-state index contributed by atoms with van der Waals surface area (Å²) in [5.74, 6) is 1.38. The Balaban J connectivity index is 1.64. The van der Waals surface area contributed by atoms with Gasteiger partial charge in [0.15, 0.2) is 0 Å². The van der Waals surface area contributed by atoms with Gasteiger partial charge in [0.2, 0.25) is 5.88 Å². The third kappa shape index (κ3) is 2.79. The highest BCUT2D eigenvalue weighted by atomic mass is 35.5. The Bertz CT molecular complexity index is 713. The van der Waals surface area contributed by atoms with Crippen molar-refractivity contribution in [2.24, 2.45) is 5.92 Å². The Hall–Kier alpha value is -1.39. The lowest BCUT2D eigenvalue weighted by atomic mass is 9.73. The molecule has 4 nitrogen and oxygen atoms in total. The van der Waals surface area contributed by atoms with Crippen LogP contribution in [-0.4, -0.2) is 29.3 Å². The number of methoxy groups -OCH3 is 1. The first-order valence-electron chi connectivity index (χ1n) is 8.31. The highest BCUT2D eigenvalue weighted by molar-refractivity contribution is 6.32. The minimum atomic E-state index is 0.0482. The molecule has 3 fully saturated rings. The van der Waals surface area contributed by atoms with Crippen LogP contribution in [0.4, 0.5) is 0 Å². The van der Waals surface area contributed by atoms with Crippen molar-refractivity contribution in [3.05, 3.63) is 28.9 Å². The first kappa shape index (κ1) is 15.2. The van der Waals surface area contributed by atoms with Crippen LogP contribution < -0.4 is 4.74 Å². The molecule has 0 unspecified atom stereocenters. The average Bonchev–Trinajstić information content (AvgIpc) is 2.62. The fourth-order valence-electron chi connectivity index (χ4n) is 3.91. The predicted octanol–water partition coefficient (Wildman–Crippen LogP) is 4.18. The lowest BCUT2D eigenvalue weighted by Crippen LogP contribution is -2.45. The summed E-state index contributed by atoms with van der Waals surface area (Å²) >= 11 is 6.43. The minimum absolute atomic E-state index is 0.0482. The van der Waals surface area contributed by atoms with Crippen LogP contribution in [-0.2, 0) is 11.2 Å². The number of aryl methyl sites for hydroxylation is 1. The van der Waals surface area contributed by atoms with Gasteiger partial charge in [-0.05, 0) is 50.5 Å². The highest BCUT2D eigenvalue weighted by Gasteiger charge is 2.41. The van der Waals surface area contributed by atoms with Gasteiger partial charge in [-0.2, -0.15) is 0 Å². The van der Waals surface area contributed by atoms with Gasteiger partial charge < -0.3 is 9.47 Å². The van der Waals surface area contributed by atoms with Crippen molar-refractivity contribution in [3.63, 3.8) is 0 Å². The Kier molecular flexibility index (Phi) is 3.90. The van der Waals surface area contributed by atoms with Gasteiger partial charge >= 0.3 is 0 Å². The number of ether oxygens (including phenoxy) is 2. The molecule has 5 heteroatoms. The molecule has 23 heavy (non-hydrogen) atoms. The van der Waals surface area contributed by atoms with Crippen molar-refractivity contribution >= 4 is 22.6 Å². The van der Waals surface area contributed by atoms with E-state index in [0.29, 0.717) is 10.9 Å². The normalized spacial score (nSPS) is 26.6. The summed E-state index contributed by atoms with van der Waals surface area (Å²) in [6.07, 6.45) is 8.54. The largest absolute Gasteiger partial charge is 0.481 e. The molecule has 2 aromatic heterocycles. The summed E-state index contributed by atoms with van der Waals surface area (Å²) < 4.78 is 11.4. The molecule has 0 radical (unpaired) electrons. The molecule has 0 N–H and O–H groups in total. The quantitative estimate of drug-likeness (QED) is 0.842. The number of pyridine rings is 2. The van der Waals surface area contributed by atoms with Crippen LogP contribution in [0.3, 0.4) is 0 Å². The lowest BCUT2D eigenvalue weighted by molar-refractivity contribution is -0.147. The third-order valence-corrected chi connectivity index (χ3v) is 5.75. The second-order valence-corrected chi connectivity index (χ2v) is 7.15. The Morgan fingerprint density at radius 1 is 1.35 bits per heavy atom. The van der Waals surface area contributed by atoms with Gasteiger partial charge in [0.25, 0.3) is 0 Å². The summed E-state index contributed by atoms with van der Waals surface area (Å²) in [7, 11) is 1.62. The fourth-order valence-corrected chi connectivity index (χ4v) is 4.15. The van der Waals surface area contributed by atoms with E-state index in [9.17, 15) is 0 Å². The van der Waals surface area contributed by atoms with E-state index in [0.717, 1.165) is 42.0 Å². The van der Waals surface area contributed by atoms with Crippen molar-refractivity contribution in [3.8, 4) is 5.88 Å². The zero-order valence-electron chi connectivity index (χ0n) is 13.3. The highest BCUT2D eigenvalue weighted by Crippen LogP contribution is 2.44. The van der Waals surface area contributed by atoms with E-state index in [1.807, 2.05) is 12.1 Å². The first-order chi connectivity index (χ1) is 11.2. The summed E-state index contributed by atoms with van der Waals surface area (Å²) in [5.41, 5.74) is 2.81. The molecule has 0 aromatic carbocycles. The van der Waals surface area contributed by atoms with Gasteiger partial charge in [-0.25, -0.2) is 4.98 Å². The maximum Gasteiger partial charge on any atom is 0.213 e. The zero-order valence-corrected chi connectivity index (χ0v) is 14.1. The van der Waals surface area contributed by atoms with E-state index in [1.54, 1.807) is 13.3 Å². The van der Waals surface area contributed by atoms with Crippen LogP contribution in [0, 0.1) is 5.92 Å². The standard InChI is InChI=1S/C18H21ClN2O2/c1-22-16-3-2-15-17(21-16)13(14(19)10-20-15)6-9-18-7-4-12(5-8-18)11-23-18/h2-3,10,12H,4-9,11H2,1H3. The third-order valence-electron chi connectivity index (χ3n) is 5.42. The maximum absolute atomic E-state index is 6.43. The van der Waals surface area contributed by atoms with Gasteiger partial charge in [-0.1, -0.05) is 11.6 Å². The topological polar surface area (TPSA) is 44.2 Å². The smallest absolute Gasteiger partial charge is 0.213 e. The molecular formula is C18H21ClN2O2. The van der Waals surface area contributed by atoms with E-state index in [-0.39, 0.29) is 5.60 Å². The molecule has 1 aliphatic carbocycles. The van der Waals surface area contributed by atoms with Gasteiger partial charge in [-0.15, -0.1) is 0 Å². The molecule has 0 atom stereocenters. The van der Waals surface area contributed by atoms with Crippen molar-refractivity contribution in [2.75, 3.05) is 13.7 Å². The van der Waals surface area contributed by atoms with E-state index < -0.39 is 0 Å². The number of halogens is 1. The second kappa shape index (κ2) is 5.91. The number of rotatable bonds is 4. The van der Waals surface area contributed by atoms with Gasteiger partial charge in [0.1, 0.15) is 0 Å². The minimum Gasteiger partial charge on any atom is -0.481 e. The van der Waals surface area contributed by atoms with Gasteiger partial charge in [-0.3, -0.25) is 4.98 Å². The molecule has 2 aromatic rings. The molecule has 0 amide bonds. The van der Waals surface area contributed by atoms with E-state index in [4.69, 9.17) is 21.1 Å². The van der Waals surface area contributed by atoms with Crippen molar-refractivity contribution in [2.45, 2.75) is 44.1 Å². The molecule has 0 spiro atoms. The number of hydrogen-bond donors (Lipinski definition) is 0. The van der Waals surface area contributed by atoms with Crippen LogP contribution in [0.15, 0.2) is 18.3 Å². The molecule has 2 saturated heterocycles. The number of nitrogens with zero attached hydrogens (tertiary/aromatic N) is 2. The Morgan fingerprint density at radius 2 is 2.17 bits per heavy atom. The van der Waals surface area contributed by atoms with Crippen LogP contribution in [0.2, 0.25) is 5.02 Å². The fraction of sp³-hybridized carbons (Fsp3) is 0.556. The van der Waals surface area contributed by atoms with Crippen molar-refractivity contribution < 1.29 is 9.47 Å². The first-order valence-corrected chi connectivity index (χ1v) is 8.69. The molecular weight excluding hydrogens is 312 g/mol. The summed E-state index contributed by atoms with van der Waals surface area (Å²) in [6.45, 7) is 0.927. The van der Waals surface area contributed by atoms with E-state index in [2.05, 4.69) is 9.97 Å². The van der Waals surface area contributed by atoms with Crippen LogP contribution in [0.1, 0.15) is 37.7 Å². The number of fused-ring (bicyclic) bond motifs is 4. The monoisotopic (exact) mass is 332 g/mol. The lowest BCUT2D eigenvalue weighted by Gasteiger charge is -2.46. The van der Waals surface area contributed by atoms with E-state index in [1.165, 1.54) is 25.7 Å². The van der Waals surface area contributed by atoms with Gasteiger partial charge in [0.05, 0.1) is 35.4 Å². The van der Waals surface area contributed by atoms with Crippen LogP contribution >= 0.6 is 11.6 Å². The molecule has 2 aliphatic heterocycles. The predicted molar refractivity (Wildman–Crippen MR) is 90.1 cm³/mol. The summed E-state index contributed by atoms with van der Waals surface area (Å²) in [6, 6.07) is 3.76. The van der Waals surface area contributed by atoms with Crippen molar-refractivity contribution in [1.82, 2.24) is 9.97 Å². The zero-order chi connectivity index (χ0) is 15.9. The Labute approximate surface area is 141 Å². The molecule has 1 saturated carbocycles. The van der Waals surface area contributed by atoms with E-state index >= 15 is 0 Å². The Morgan fingerprint density at radius 3 is 2.87 bits per heavy atom. The van der Waals surface area contributed by atoms with Gasteiger partial charge in [0, 0.05) is 17.8 Å². The summed E-state index contributed by atoms with van der Waals surface area (Å²) in [5, 5.41) is 0.680.